The molecule has 24 heavy (non-hydrogen) atoms. The first-order chi connectivity index (χ1) is 11.9. The van der Waals surface area contributed by atoms with Gasteiger partial charge in [-0.2, -0.15) is 4.68 Å². The molecule has 0 unspecified atom stereocenters. The summed E-state index contributed by atoms with van der Waals surface area (Å²) in [5, 5.41) is 12.6. The number of nitrogens with one attached hydrogen (secondary N) is 1. The summed E-state index contributed by atoms with van der Waals surface area (Å²) in [6, 6.07) is 20.6. The third kappa shape index (κ3) is 2.93. The SMILES string of the molecule is c1ccc([C@H](c2nnnn2-c2ccccc2)[NH+]2CCOCC2)cc1. The first kappa shape index (κ1) is 15.0. The molecule has 0 amide bonds. The van der Waals surface area contributed by atoms with Gasteiger partial charge in [-0.3, -0.25) is 0 Å². The lowest BCUT2D eigenvalue weighted by atomic mass is 10.0. The van der Waals surface area contributed by atoms with Crippen molar-refractivity contribution in [3.8, 4) is 5.69 Å². The van der Waals surface area contributed by atoms with E-state index < -0.39 is 0 Å². The van der Waals surface area contributed by atoms with Gasteiger partial charge >= 0.3 is 0 Å². The third-order valence-electron chi connectivity index (χ3n) is 4.43. The largest absolute Gasteiger partial charge is 0.370 e. The van der Waals surface area contributed by atoms with Crippen LogP contribution in [0.5, 0.6) is 0 Å². The number of hydrogen-bond acceptors (Lipinski definition) is 4. The molecule has 2 heterocycles. The topological polar surface area (TPSA) is 57.3 Å². The van der Waals surface area contributed by atoms with Crippen LogP contribution in [0.3, 0.4) is 0 Å². The average molecular weight is 322 g/mol. The van der Waals surface area contributed by atoms with Crippen LogP contribution in [0.15, 0.2) is 60.7 Å². The number of ether oxygens (including phenoxy) is 1. The zero-order chi connectivity index (χ0) is 16.2. The lowest BCUT2D eigenvalue weighted by Crippen LogP contribution is -3.14. The summed E-state index contributed by atoms with van der Waals surface area (Å²) in [5.74, 6) is 0.865. The summed E-state index contributed by atoms with van der Waals surface area (Å²) in [6.45, 7) is 3.43. The first-order valence-electron chi connectivity index (χ1n) is 8.24. The van der Waals surface area contributed by atoms with Crippen molar-refractivity contribution in [2.45, 2.75) is 6.04 Å². The van der Waals surface area contributed by atoms with Gasteiger partial charge in [0.15, 0.2) is 6.04 Å². The van der Waals surface area contributed by atoms with Crippen molar-refractivity contribution in [2.75, 3.05) is 26.3 Å². The van der Waals surface area contributed by atoms with E-state index in [0.717, 1.165) is 37.8 Å². The fraction of sp³-hybridized carbons (Fsp3) is 0.278. The Labute approximate surface area is 140 Å². The number of benzene rings is 2. The highest BCUT2D eigenvalue weighted by Crippen LogP contribution is 2.19. The maximum absolute atomic E-state index is 5.54. The normalized spacial score (nSPS) is 16.8. The van der Waals surface area contributed by atoms with E-state index in [1.54, 1.807) is 0 Å². The minimum atomic E-state index is 0.0882. The molecule has 1 fully saturated rings. The highest BCUT2D eigenvalue weighted by molar-refractivity contribution is 5.32. The van der Waals surface area contributed by atoms with Gasteiger partial charge in [0.25, 0.3) is 0 Å². The Morgan fingerprint density at radius 1 is 0.917 bits per heavy atom. The Morgan fingerprint density at radius 2 is 1.58 bits per heavy atom. The predicted octanol–water partition coefficient (Wildman–Crippen LogP) is 0.667. The van der Waals surface area contributed by atoms with Crippen molar-refractivity contribution in [1.82, 2.24) is 20.2 Å². The predicted molar refractivity (Wildman–Crippen MR) is 89.0 cm³/mol. The number of hydrogen-bond donors (Lipinski definition) is 1. The van der Waals surface area contributed by atoms with E-state index in [0.29, 0.717) is 0 Å². The molecule has 0 saturated carbocycles. The number of aromatic nitrogens is 4. The summed E-state index contributed by atoms with van der Waals surface area (Å²) in [7, 11) is 0. The van der Waals surface area contributed by atoms with E-state index in [1.807, 2.05) is 41.1 Å². The van der Waals surface area contributed by atoms with Gasteiger partial charge < -0.3 is 9.64 Å². The standard InChI is InChI=1S/C18H19N5O/c1-3-7-15(8-4-1)17(22-11-13-24-14-12-22)18-19-20-21-23(18)16-9-5-2-6-10-16/h1-10,17H,11-14H2/p+1/t17-/m1/s1. The highest BCUT2D eigenvalue weighted by atomic mass is 16.5. The molecule has 0 aliphatic carbocycles. The summed E-state index contributed by atoms with van der Waals surface area (Å²) in [5.41, 5.74) is 2.20. The molecule has 1 aliphatic heterocycles. The number of para-hydroxylation sites is 1. The molecule has 0 spiro atoms. The van der Waals surface area contributed by atoms with Crippen LogP contribution in [0, 0.1) is 0 Å². The average Bonchev–Trinajstić information content (AvgIpc) is 3.14. The monoisotopic (exact) mass is 322 g/mol. The van der Waals surface area contributed by atoms with Gasteiger partial charge in [-0.25, -0.2) is 0 Å². The second-order valence-electron chi connectivity index (χ2n) is 5.90. The molecule has 1 atom stereocenters. The Bertz CT molecular complexity index is 768. The molecule has 6 nitrogen and oxygen atoms in total. The summed E-state index contributed by atoms with van der Waals surface area (Å²) < 4.78 is 7.39. The molecule has 1 aromatic heterocycles. The molecule has 0 radical (unpaired) electrons. The Morgan fingerprint density at radius 3 is 2.29 bits per heavy atom. The second-order valence-corrected chi connectivity index (χ2v) is 5.90. The van der Waals surface area contributed by atoms with Gasteiger partial charge in [-0.15, -0.1) is 5.10 Å². The Kier molecular flexibility index (Phi) is 4.31. The maximum atomic E-state index is 5.54. The smallest absolute Gasteiger partial charge is 0.218 e. The van der Waals surface area contributed by atoms with E-state index in [2.05, 4.69) is 39.8 Å². The maximum Gasteiger partial charge on any atom is 0.218 e. The van der Waals surface area contributed by atoms with Crippen molar-refractivity contribution in [2.24, 2.45) is 0 Å². The molecule has 3 aromatic rings. The summed E-state index contributed by atoms with van der Waals surface area (Å²) in [4.78, 5) is 1.43. The quantitative estimate of drug-likeness (QED) is 0.767. The lowest BCUT2D eigenvalue weighted by molar-refractivity contribution is -0.933. The second kappa shape index (κ2) is 6.90. The molecule has 1 saturated heterocycles. The van der Waals surface area contributed by atoms with Gasteiger partial charge in [-0.05, 0) is 22.6 Å². The highest BCUT2D eigenvalue weighted by Gasteiger charge is 2.33. The van der Waals surface area contributed by atoms with Gasteiger partial charge in [-0.1, -0.05) is 48.5 Å². The van der Waals surface area contributed by atoms with E-state index in [1.165, 1.54) is 10.5 Å². The van der Waals surface area contributed by atoms with E-state index in [9.17, 15) is 0 Å². The van der Waals surface area contributed by atoms with Crippen molar-refractivity contribution < 1.29 is 9.64 Å². The molecular weight excluding hydrogens is 302 g/mol. The molecule has 0 bridgehead atoms. The number of morpholine rings is 1. The lowest BCUT2D eigenvalue weighted by Gasteiger charge is -2.30. The van der Waals surface area contributed by atoms with Crippen LogP contribution in [0.1, 0.15) is 17.4 Å². The molecule has 2 aromatic carbocycles. The summed E-state index contributed by atoms with van der Waals surface area (Å²) >= 11 is 0. The van der Waals surface area contributed by atoms with E-state index in [4.69, 9.17) is 4.74 Å². The van der Waals surface area contributed by atoms with Crippen molar-refractivity contribution in [3.63, 3.8) is 0 Å². The molecule has 1 aliphatic rings. The Balaban J connectivity index is 1.78. The van der Waals surface area contributed by atoms with Gasteiger partial charge in [0.1, 0.15) is 13.1 Å². The number of quaternary nitrogens is 1. The number of nitrogens with zero attached hydrogens (tertiary/aromatic N) is 4. The molecule has 6 heteroatoms. The van der Waals surface area contributed by atoms with Gasteiger partial charge in [0, 0.05) is 5.56 Å². The van der Waals surface area contributed by atoms with E-state index in [-0.39, 0.29) is 6.04 Å². The van der Waals surface area contributed by atoms with Crippen LogP contribution < -0.4 is 4.90 Å². The summed E-state index contributed by atoms with van der Waals surface area (Å²) in [6.07, 6.45) is 0. The zero-order valence-electron chi connectivity index (χ0n) is 13.4. The molecular formula is C18H20N5O+. The van der Waals surface area contributed by atoms with Crippen LogP contribution in [0.4, 0.5) is 0 Å². The fourth-order valence-corrected chi connectivity index (χ4v) is 3.26. The molecule has 1 N–H and O–H groups in total. The van der Waals surface area contributed by atoms with Gasteiger partial charge in [0.2, 0.25) is 5.82 Å². The van der Waals surface area contributed by atoms with Crippen molar-refractivity contribution in [1.29, 1.82) is 0 Å². The van der Waals surface area contributed by atoms with Crippen LogP contribution in [-0.2, 0) is 4.74 Å². The van der Waals surface area contributed by atoms with Crippen LogP contribution in [-0.4, -0.2) is 46.5 Å². The van der Waals surface area contributed by atoms with Crippen LogP contribution in [0.2, 0.25) is 0 Å². The first-order valence-corrected chi connectivity index (χ1v) is 8.24. The zero-order valence-corrected chi connectivity index (χ0v) is 13.4. The van der Waals surface area contributed by atoms with Gasteiger partial charge in [0.05, 0.1) is 18.9 Å². The minimum Gasteiger partial charge on any atom is -0.370 e. The molecule has 122 valence electrons. The fourth-order valence-electron chi connectivity index (χ4n) is 3.26. The molecule has 4 rings (SSSR count). The van der Waals surface area contributed by atoms with Crippen LogP contribution in [0.25, 0.3) is 5.69 Å². The van der Waals surface area contributed by atoms with E-state index >= 15 is 0 Å². The Hall–Kier alpha value is -2.57. The van der Waals surface area contributed by atoms with Crippen molar-refractivity contribution in [3.05, 3.63) is 72.1 Å². The van der Waals surface area contributed by atoms with Crippen molar-refractivity contribution >= 4 is 0 Å². The minimum absolute atomic E-state index is 0.0882. The number of rotatable bonds is 4. The van der Waals surface area contributed by atoms with Crippen LogP contribution >= 0.6 is 0 Å². The number of tetrazole rings is 1. The third-order valence-corrected chi connectivity index (χ3v) is 4.43.